The van der Waals surface area contributed by atoms with Crippen LogP contribution in [0.25, 0.3) is 0 Å². The summed E-state index contributed by atoms with van der Waals surface area (Å²) in [6, 6.07) is 13.4. The Labute approximate surface area is 122 Å². The molecule has 2 N–H and O–H groups in total. The monoisotopic (exact) mass is 291 g/mol. The molecule has 0 bridgehead atoms. The second-order valence-electron chi connectivity index (χ2n) is 4.02. The van der Waals surface area contributed by atoms with Gasteiger partial charge in [-0.2, -0.15) is 0 Å². The van der Waals surface area contributed by atoms with Crippen molar-refractivity contribution in [3.63, 3.8) is 0 Å². The largest absolute Gasteiger partial charge is 0.490 e. The van der Waals surface area contributed by atoms with Crippen LogP contribution in [-0.2, 0) is 0 Å². The summed E-state index contributed by atoms with van der Waals surface area (Å²) in [6.45, 7) is 0.582. The molecule has 0 saturated carbocycles. The van der Waals surface area contributed by atoms with Crippen molar-refractivity contribution in [1.29, 1.82) is 0 Å². The van der Waals surface area contributed by atoms with Gasteiger partial charge in [-0.05, 0) is 36.4 Å². The summed E-state index contributed by atoms with van der Waals surface area (Å²) in [5.41, 5.74) is 6.29. The average Bonchev–Trinajstić information content (AvgIpc) is 2.46. The van der Waals surface area contributed by atoms with Crippen molar-refractivity contribution in [3.8, 4) is 11.5 Å². The van der Waals surface area contributed by atoms with E-state index >= 15 is 0 Å². The molecular formula is C15H14FNO2S. The molecular weight excluding hydrogens is 277 g/mol. The molecule has 0 unspecified atom stereocenters. The van der Waals surface area contributed by atoms with Gasteiger partial charge >= 0.3 is 0 Å². The van der Waals surface area contributed by atoms with Crippen molar-refractivity contribution < 1.29 is 13.9 Å². The van der Waals surface area contributed by atoms with Crippen LogP contribution in [0.2, 0.25) is 0 Å². The van der Waals surface area contributed by atoms with Gasteiger partial charge in [0.05, 0.1) is 0 Å². The summed E-state index contributed by atoms with van der Waals surface area (Å²) in [4.78, 5) is 0.347. The fourth-order valence-corrected chi connectivity index (χ4v) is 1.72. The second kappa shape index (κ2) is 6.86. The maximum absolute atomic E-state index is 13.3. The molecule has 2 aromatic carbocycles. The average molecular weight is 291 g/mol. The number of halogens is 1. The number of hydrogen-bond donors (Lipinski definition) is 1. The Bertz CT molecular complexity index is 587. The molecule has 0 amide bonds. The van der Waals surface area contributed by atoms with Crippen molar-refractivity contribution >= 4 is 17.2 Å². The summed E-state index contributed by atoms with van der Waals surface area (Å²) in [6.07, 6.45) is 0. The van der Waals surface area contributed by atoms with Crippen LogP contribution in [-0.4, -0.2) is 18.2 Å². The van der Waals surface area contributed by atoms with Crippen LogP contribution < -0.4 is 15.2 Å². The second-order valence-corrected chi connectivity index (χ2v) is 4.46. The number of hydrogen-bond acceptors (Lipinski definition) is 3. The van der Waals surface area contributed by atoms with Crippen LogP contribution >= 0.6 is 12.2 Å². The molecule has 0 atom stereocenters. The van der Waals surface area contributed by atoms with Gasteiger partial charge in [0, 0.05) is 5.56 Å². The SMILES string of the molecule is NC(=S)c1ccc(OCCOc2ccccc2F)cc1. The minimum Gasteiger partial charge on any atom is -0.490 e. The maximum atomic E-state index is 13.3. The first kappa shape index (κ1) is 14.3. The first-order valence-electron chi connectivity index (χ1n) is 6.07. The van der Waals surface area contributed by atoms with E-state index in [1.807, 2.05) is 0 Å². The molecule has 20 heavy (non-hydrogen) atoms. The highest BCUT2D eigenvalue weighted by molar-refractivity contribution is 7.80. The third-order valence-corrected chi connectivity index (χ3v) is 2.82. The van der Waals surface area contributed by atoms with Gasteiger partial charge in [-0.15, -0.1) is 0 Å². The Morgan fingerprint density at radius 1 is 1.00 bits per heavy atom. The van der Waals surface area contributed by atoms with E-state index in [0.717, 1.165) is 5.56 Å². The van der Waals surface area contributed by atoms with E-state index in [0.29, 0.717) is 17.3 Å². The Hall–Kier alpha value is -2.14. The lowest BCUT2D eigenvalue weighted by Gasteiger charge is -2.09. The molecule has 0 aliphatic heterocycles. The number of para-hydroxylation sites is 1. The Morgan fingerprint density at radius 3 is 2.30 bits per heavy atom. The summed E-state index contributed by atoms with van der Waals surface area (Å²) in [7, 11) is 0. The third kappa shape index (κ3) is 3.93. The zero-order chi connectivity index (χ0) is 14.4. The van der Waals surface area contributed by atoms with E-state index in [9.17, 15) is 4.39 Å². The molecule has 0 heterocycles. The summed E-state index contributed by atoms with van der Waals surface area (Å²) in [5.74, 6) is 0.523. The van der Waals surface area contributed by atoms with E-state index in [2.05, 4.69) is 0 Å². The molecule has 0 aliphatic carbocycles. The lowest BCUT2D eigenvalue weighted by Crippen LogP contribution is -2.11. The molecule has 2 aromatic rings. The van der Waals surface area contributed by atoms with Crippen LogP contribution in [0, 0.1) is 5.82 Å². The van der Waals surface area contributed by atoms with Crippen molar-refractivity contribution in [1.82, 2.24) is 0 Å². The molecule has 0 radical (unpaired) electrons. The predicted octanol–water partition coefficient (Wildman–Crippen LogP) is 2.92. The molecule has 0 aromatic heterocycles. The van der Waals surface area contributed by atoms with E-state index in [4.69, 9.17) is 27.4 Å². The fraction of sp³-hybridized carbons (Fsp3) is 0.133. The molecule has 5 heteroatoms. The van der Waals surface area contributed by atoms with E-state index < -0.39 is 0 Å². The first-order valence-corrected chi connectivity index (χ1v) is 6.47. The Kier molecular flexibility index (Phi) is 4.90. The quantitative estimate of drug-likeness (QED) is 0.656. The molecule has 3 nitrogen and oxygen atoms in total. The summed E-state index contributed by atoms with van der Waals surface area (Å²) < 4.78 is 24.0. The summed E-state index contributed by atoms with van der Waals surface area (Å²) >= 11 is 4.86. The zero-order valence-electron chi connectivity index (χ0n) is 10.7. The van der Waals surface area contributed by atoms with Crippen molar-refractivity contribution in [2.45, 2.75) is 0 Å². The van der Waals surface area contributed by atoms with Crippen molar-refractivity contribution in [3.05, 3.63) is 59.9 Å². The van der Waals surface area contributed by atoms with Gasteiger partial charge in [-0.3, -0.25) is 0 Å². The van der Waals surface area contributed by atoms with Gasteiger partial charge in [0.1, 0.15) is 24.0 Å². The zero-order valence-corrected chi connectivity index (χ0v) is 11.5. The van der Waals surface area contributed by atoms with E-state index in [1.165, 1.54) is 6.07 Å². The van der Waals surface area contributed by atoms with Crippen LogP contribution in [0.5, 0.6) is 11.5 Å². The minimum absolute atomic E-state index is 0.222. The number of nitrogens with two attached hydrogens (primary N) is 1. The number of ether oxygens (including phenoxy) is 2. The highest BCUT2D eigenvalue weighted by Gasteiger charge is 2.01. The molecule has 104 valence electrons. The van der Waals surface area contributed by atoms with Crippen LogP contribution in [0.3, 0.4) is 0 Å². The minimum atomic E-state index is -0.381. The van der Waals surface area contributed by atoms with Crippen LogP contribution in [0.15, 0.2) is 48.5 Å². The third-order valence-electron chi connectivity index (χ3n) is 2.59. The Morgan fingerprint density at radius 2 is 1.65 bits per heavy atom. The van der Waals surface area contributed by atoms with Crippen molar-refractivity contribution in [2.75, 3.05) is 13.2 Å². The lowest BCUT2D eigenvalue weighted by molar-refractivity contribution is 0.211. The van der Waals surface area contributed by atoms with Crippen molar-refractivity contribution in [2.24, 2.45) is 5.73 Å². The molecule has 0 spiro atoms. The van der Waals surface area contributed by atoms with Gasteiger partial charge in [-0.25, -0.2) is 4.39 Å². The molecule has 0 fully saturated rings. The van der Waals surface area contributed by atoms with Gasteiger partial charge in [0.25, 0.3) is 0 Å². The van der Waals surface area contributed by atoms with Gasteiger partial charge < -0.3 is 15.2 Å². The standard InChI is InChI=1S/C15H14FNO2S/c16-13-3-1-2-4-14(13)19-10-9-18-12-7-5-11(6-8-12)15(17)20/h1-8H,9-10H2,(H2,17,20). The number of rotatable bonds is 6. The first-order chi connectivity index (χ1) is 9.66. The molecule has 2 rings (SSSR count). The normalized spacial score (nSPS) is 10.1. The maximum Gasteiger partial charge on any atom is 0.165 e. The lowest BCUT2D eigenvalue weighted by atomic mass is 10.2. The smallest absolute Gasteiger partial charge is 0.165 e. The highest BCUT2D eigenvalue weighted by atomic mass is 32.1. The topological polar surface area (TPSA) is 44.5 Å². The van der Waals surface area contributed by atoms with Crippen LogP contribution in [0.1, 0.15) is 5.56 Å². The van der Waals surface area contributed by atoms with E-state index in [-0.39, 0.29) is 18.2 Å². The Balaban J connectivity index is 1.79. The number of benzene rings is 2. The fourth-order valence-electron chi connectivity index (χ4n) is 1.59. The van der Waals surface area contributed by atoms with E-state index in [1.54, 1.807) is 42.5 Å². The van der Waals surface area contributed by atoms with Gasteiger partial charge in [-0.1, -0.05) is 24.4 Å². The predicted molar refractivity (Wildman–Crippen MR) is 79.7 cm³/mol. The van der Waals surface area contributed by atoms with Crippen LogP contribution in [0.4, 0.5) is 4.39 Å². The van der Waals surface area contributed by atoms with Gasteiger partial charge in [0.2, 0.25) is 0 Å². The summed E-state index contributed by atoms with van der Waals surface area (Å²) in [5, 5.41) is 0. The molecule has 0 saturated heterocycles. The number of thiocarbonyl (C=S) groups is 1. The highest BCUT2D eigenvalue weighted by Crippen LogP contribution is 2.15. The van der Waals surface area contributed by atoms with Gasteiger partial charge in [0.15, 0.2) is 11.6 Å². The molecule has 0 aliphatic rings.